The summed E-state index contributed by atoms with van der Waals surface area (Å²) in [6.07, 6.45) is -0.958. The lowest BCUT2D eigenvalue weighted by atomic mass is 9.99. The molecule has 0 fully saturated rings. The molecule has 0 spiro atoms. The third kappa shape index (κ3) is 2.39. The Morgan fingerprint density at radius 2 is 1.95 bits per heavy atom. The summed E-state index contributed by atoms with van der Waals surface area (Å²) in [4.78, 5) is 4.25. The van der Waals surface area contributed by atoms with Gasteiger partial charge < -0.3 is 10.4 Å². The first-order chi connectivity index (χ1) is 9.15. The lowest BCUT2D eigenvalue weighted by molar-refractivity contribution is 0.213. The largest absolute Gasteiger partial charge is 0.355 e. The van der Waals surface area contributed by atoms with E-state index in [1.54, 1.807) is 0 Å². The Morgan fingerprint density at radius 1 is 1.16 bits per heavy atom. The number of nitrogens with one attached hydrogen (secondary N) is 1. The SMILES string of the molecule is OC1N=C(c2ccccc2Cl)c2cc(Br)ccc2N1. The molecule has 0 aliphatic carbocycles. The van der Waals surface area contributed by atoms with Crippen LogP contribution in [0.4, 0.5) is 5.69 Å². The summed E-state index contributed by atoms with van der Waals surface area (Å²) >= 11 is 9.66. The smallest absolute Gasteiger partial charge is 0.223 e. The second-order valence-corrected chi connectivity index (χ2v) is 5.49. The molecular formula is C14H10BrClN2O. The predicted octanol–water partition coefficient (Wildman–Crippen LogP) is 3.64. The van der Waals surface area contributed by atoms with Crippen molar-refractivity contribution in [3.05, 3.63) is 63.1 Å². The Hall–Kier alpha value is -1.36. The number of hydrogen-bond acceptors (Lipinski definition) is 3. The minimum absolute atomic E-state index is 0.612. The van der Waals surface area contributed by atoms with Crippen LogP contribution in [-0.2, 0) is 0 Å². The van der Waals surface area contributed by atoms with Crippen molar-refractivity contribution >= 4 is 38.9 Å². The van der Waals surface area contributed by atoms with Gasteiger partial charge in [0.15, 0.2) is 0 Å². The summed E-state index contributed by atoms with van der Waals surface area (Å²) in [6.45, 7) is 0. The minimum Gasteiger partial charge on any atom is -0.355 e. The summed E-state index contributed by atoms with van der Waals surface area (Å²) in [5, 5.41) is 13.3. The molecule has 0 aromatic heterocycles. The van der Waals surface area contributed by atoms with Crippen molar-refractivity contribution in [2.75, 3.05) is 5.32 Å². The average molecular weight is 338 g/mol. The van der Waals surface area contributed by atoms with E-state index in [2.05, 4.69) is 26.2 Å². The Kier molecular flexibility index (Phi) is 3.31. The maximum absolute atomic E-state index is 9.79. The molecule has 5 heteroatoms. The van der Waals surface area contributed by atoms with Crippen LogP contribution < -0.4 is 5.32 Å². The highest BCUT2D eigenvalue weighted by Gasteiger charge is 2.21. The number of fused-ring (bicyclic) bond motifs is 1. The predicted molar refractivity (Wildman–Crippen MR) is 80.9 cm³/mol. The van der Waals surface area contributed by atoms with Crippen molar-refractivity contribution in [3.63, 3.8) is 0 Å². The minimum atomic E-state index is -0.958. The van der Waals surface area contributed by atoms with Gasteiger partial charge in [0.1, 0.15) is 0 Å². The van der Waals surface area contributed by atoms with Crippen LogP contribution in [0.25, 0.3) is 0 Å². The van der Waals surface area contributed by atoms with Crippen molar-refractivity contribution in [2.24, 2.45) is 4.99 Å². The third-order valence-corrected chi connectivity index (χ3v) is 3.72. The number of aliphatic hydroxyl groups excluding tert-OH is 1. The first-order valence-corrected chi connectivity index (χ1v) is 6.89. The number of aliphatic imine (C=N–C) groups is 1. The van der Waals surface area contributed by atoms with E-state index >= 15 is 0 Å². The molecule has 1 heterocycles. The van der Waals surface area contributed by atoms with Crippen molar-refractivity contribution in [1.82, 2.24) is 0 Å². The van der Waals surface area contributed by atoms with Crippen LogP contribution in [0, 0.1) is 0 Å². The van der Waals surface area contributed by atoms with E-state index < -0.39 is 6.35 Å². The van der Waals surface area contributed by atoms with Crippen molar-refractivity contribution < 1.29 is 5.11 Å². The molecule has 0 bridgehead atoms. The van der Waals surface area contributed by atoms with Gasteiger partial charge in [0.05, 0.1) is 5.71 Å². The number of aliphatic hydroxyl groups is 1. The molecular weight excluding hydrogens is 328 g/mol. The van der Waals surface area contributed by atoms with E-state index in [4.69, 9.17) is 11.6 Å². The summed E-state index contributed by atoms with van der Waals surface area (Å²) in [5.41, 5.74) is 3.24. The second kappa shape index (κ2) is 4.96. The fourth-order valence-corrected chi connectivity index (χ4v) is 2.66. The summed E-state index contributed by atoms with van der Waals surface area (Å²) < 4.78 is 0.948. The van der Waals surface area contributed by atoms with Gasteiger partial charge in [-0.15, -0.1) is 0 Å². The molecule has 1 aliphatic rings. The fourth-order valence-electron chi connectivity index (χ4n) is 2.07. The molecule has 2 aromatic carbocycles. The van der Waals surface area contributed by atoms with Gasteiger partial charge in [0, 0.05) is 26.3 Å². The molecule has 0 amide bonds. The zero-order valence-electron chi connectivity index (χ0n) is 9.77. The molecule has 96 valence electrons. The molecule has 1 atom stereocenters. The van der Waals surface area contributed by atoms with Gasteiger partial charge in [0.2, 0.25) is 6.35 Å². The van der Waals surface area contributed by atoms with Crippen molar-refractivity contribution in [1.29, 1.82) is 0 Å². The van der Waals surface area contributed by atoms with Crippen molar-refractivity contribution in [2.45, 2.75) is 6.35 Å². The van der Waals surface area contributed by atoms with E-state index in [0.29, 0.717) is 10.7 Å². The third-order valence-electron chi connectivity index (χ3n) is 2.90. The lowest BCUT2D eigenvalue weighted by Crippen LogP contribution is -2.26. The van der Waals surface area contributed by atoms with Crippen LogP contribution in [0.3, 0.4) is 0 Å². The molecule has 19 heavy (non-hydrogen) atoms. The first-order valence-electron chi connectivity index (χ1n) is 5.72. The van der Waals surface area contributed by atoms with E-state index in [-0.39, 0.29) is 0 Å². The highest BCUT2D eigenvalue weighted by molar-refractivity contribution is 9.10. The molecule has 0 radical (unpaired) electrons. The summed E-state index contributed by atoms with van der Waals surface area (Å²) in [7, 11) is 0. The maximum atomic E-state index is 9.79. The van der Waals surface area contributed by atoms with Crippen molar-refractivity contribution in [3.8, 4) is 0 Å². The Bertz CT molecular complexity index is 672. The molecule has 1 unspecified atom stereocenters. The molecule has 0 saturated heterocycles. The highest BCUT2D eigenvalue weighted by Crippen LogP contribution is 2.30. The fraction of sp³-hybridized carbons (Fsp3) is 0.0714. The van der Waals surface area contributed by atoms with Gasteiger partial charge in [-0.1, -0.05) is 45.7 Å². The normalized spacial score (nSPS) is 17.4. The summed E-state index contributed by atoms with van der Waals surface area (Å²) in [6, 6.07) is 13.2. The van der Waals surface area contributed by atoms with Gasteiger partial charge in [0.25, 0.3) is 0 Å². The monoisotopic (exact) mass is 336 g/mol. The number of hydrogen-bond donors (Lipinski definition) is 2. The van der Waals surface area contributed by atoms with Crippen LogP contribution in [0.2, 0.25) is 5.02 Å². The Balaban J connectivity index is 2.21. The van der Waals surface area contributed by atoms with E-state index in [1.807, 2.05) is 42.5 Å². The van der Waals surface area contributed by atoms with Crippen LogP contribution in [0.15, 0.2) is 51.9 Å². The number of nitrogens with zero attached hydrogens (tertiary/aromatic N) is 1. The number of anilines is 1. The Labute approximate surface area is 124 Å². The molecule has 0 saturated carbocycles. The molecule has 2 N–H and O–H groups in total. The van der Waals surface area contributed by atoms with Crippen LogP contribution >= 0.6 is 27.5 Å². The number of benzene rings is 2. The van der Waals surface area contributed by atoms with Gasteiger partial charge in [-0.25, -0.2) is 4.99 Å². The van der Waals surface area contributed by atoms with Gasteiger partial charge in [-0.2, -0.15) is 0 Å². The zero-order valence-corrected chi connectivity index (χ0v) is 12.1. The second-order valence-electron chi connectivity index (χ2n) is 4.17. The summed E-state index contributed by atoms with van der Waals surface area (Å²) in [5.74, 6) is 0. The van der Waals surface area contributed by atoms with Gasteiger partial charge in [-0.3, -0.25) is 0 Å². The molecule has 3 nitrogen and oxygen atoms in total. The molecule has 2 aromatic rings. The van der Waals surface area contributed by atoms with Crippen LogP contribution in [-0.4, -0.2) is 17.2 Å². The molecule has 3 rings (SSSR count). The van der Waals surface area contributed by atoms with Crippen LogP contribution in [0.5, 0.6) is 0 Å². The van der Waals surface area contributed by atoms with Gasteiger partial charge >= 0.3 is 0 Å². The maximum Gasteiger partial charge on any atom is 0.223 e. The Morgan fingerprint density at radius 3 is 2.74 bits per heavy atom. The average Bonchev–Trinajstić information content (AvgIpc) is 2.39. The zero-order chi connectivity index (χ0) is 13.4. The quantitative estimate of drug-likeness (QED) is 0.834. The van der Waals surface area contributed by atoms with Gasteiger partial charge in [-0.05, 0) is 24.3 Å². The first kappa shape index (κ1) is 12.7. The standard InChI is InChI=1S/C14H10BrClN2O/c15-8-5-6-12-10(7-8)13(18-14(19)17-12)9-3-1-2-4-11(9)16/h1-7,14,17,19H. The lowest BCUT2D eigenvalue weighted by Gasteiger charge is -2.23. The number of rotatable bonds is 1. The van der Waals surface area contributed by atoms with E-state index in [1.165, 1.54) is 0 Å². The molecule has 1 aliphatic heterocycles. The number of halogens is 2. The highest BCUT2D eigenvalue weighted by atomic mass is 79.9. The topological polar surface area (TPSA) is 44.6 Å². The van der Waals surface area contributed by atoms with Crippen LogP contribution in [0.1, 0.15) is 11.1 Å². The van der Waals surface area contributed by atoms with E-state index in [0.717, 1.165) is 21.3 Å². The van der Waals surface area contributed by atoms with E-state index in [9.17, 15) is 5.11 Å².